The van der Waals surface area contributed by atoms with Gasteiger partial charge in [-0.15, -0.1) is 23.1 Å². The molecule has 0 radical (unpaired) electrons. The molecule has 0 bridgehead atoms. The number of hydrogen-bond acceptors (Lipinski definition) is 9. The molecule has 1 aliphatic rings. The molecule has 1 saturated heterocycles. The number of anilines is 1. The summed E-state index contributed by atoms with van der Waals surface area (Å²) in [7, 11) is 1.67. The molecule has 7 nitrogen and oxygen atoms in total. The Balaban J connectivity index is 1.32. The topological polar surface area (TPSA) is 64.1 Å². The van der Waals surface area contributed by atoms with Crippen molar-refractivity contribution >= 4 is 34.8 Å². The first kappa shape index (κ1) is 35.6. The van der Waals surface area contributed by atoms with E-state index in [1.807, 2.05) is 30.3 Å². The third-order valence-corrected chi connectivity index (χ3v) is 10.3. The number of halogens is 3. The van der Waals surface area contributed by atoms with E-state index in [9.17, 15) is 18.0 Å². The van der Waals surface area contributed by atoms with Crippen LogP contribution < -0.4 is 14.4 Å². The van der Waals surface area contributed by atoms with Gasteiger partial charge in [0, 0.05) is 65.6 Å². The zero-order chi connectivity index (χ0) is 34.1. The molecule has 0 N–H and O–H groups in total. The standard InChI is InChI=1S/C36H40F3N3O4S2/c1-4-7-26-20-30(14-15-32(26)46-23-34(43)45-5-2)47-24-33-31(40-35(48-33)25-10-12-27(13-11-25)36(37,38)39)22-41-16-18-42(19-17-41)28-8-6-9-29(21-28)44-3/h6,8-15,20-21H,4-5,7,16-19,22-24H2,1-3H3. The Morgan fingerprint density at radius 2 is 1.77 bits per heavy atom. The minimum absolute atomic E-state index is 0.137. The number of ether oxygens (including phenoxy) is 3. The number of carbonyl (C=O) groups excluding carboxylic acids is 1. The molecular formula is C36H40F3N3O4S2. The average Bonchev–Trinajstić information content (AvgIpc) is 3.49. The number of methoxy groups -OCH3 is 1. The molecule has 0 atom stereocenters. The number of alkyl halides is 3. The van der Waals surface area contributed by atoms with Crippen LogP contribution in [0.3, 0.4) is 0 Å². The van der Waals surface area contributed by atoms with Gasteiger partial charge in [0.15, 0.2) is 6.61 Å². The molecule has 0 amide bonds. The predicted molar refractivity (Wildman–Crippen MR) is 185 cm³/mol. The normalized spacial score (nSPS) is 13.8. The molecule has 256 valence electrons. The summed E-state index contributed by atoms with van der Waals surface area (Å²) in [5, 5.41) is 0.707. The Morgan fingerprint density at radius 3 is 2.46 bits per heavy atom. The zero-order valence-corrected chi connectivity index (χ0v) is 29.0. The van der Waals surface area contributed by atoms with E-state index in [4.69, 9.17) is 19.2 Å². The van der Waals surface area contributed by atoms with Crippen LogP contribution in [-0.2, 0) is 34.4 Å². The molecule has 1 fully saturated rings. The maximum absolute atomic E-state index is 13.2. The summed E-state index contributed by atoms with van der Waals surface area (Å²) in [6.45, 7) is 8.10. The number of nitrogens with zero attached hydrogens (tertiary/aromatic N) is 3. The highest BCUT2D eigenvalue weighted by atomic mass is 32.2. The number of piperazine rings is 1. The second-order valence-corrected chi connectivity index (χ2v) is 13.5. The van der Waals surface area contributed by atoms with Gasteiger partial charge in [-0.1, -0.05) is 31.5 Å². The fraction of sp³-hybridized carbons (Fsp3) is 0.389. The van der Waals surface area contributed by atoms with E-state index in [0.717, 1.165) is 83.6 Å². The van der Waals surface area contributed by atoms with E-state index < -0.39 is 17.7 Å². The monoisotopic (exact) mass is 699 g/mol. The molecule has 48 heavy (non-hydrogen) atoms. The van der Waals surface area contributed by atoms with Crippen LogP contribution in [0, 0.1) is 0 Å². The smallest absolute Gasteiger partial charge is 0.416 e. The van der Waals surface area contributed by atoms with Crippen molar-refractivity contribution in [2.45, 2.75) is 50.1 Å². The molecule has 0 unspecified atom stereocenters. The van der Waals surface area contributed by atoms with E-state index in [1.54, 1.807) is 25.8 Å². The number of aryl methyl sites for hydroxylation is 1. The lowest BCUT2D eigenvalue weighted by Gasteiger charge is -2.36. The maximum atomic E-state index is 13.2. The van der Waals surface area contributed by atoms with Gasteiger partial charge in [0.2, 0.25) is 0 Å². The van der Waals surface area contributed by atoms with Crippen LogP contribution in [0.15, 0.2) is 71.6 Å². The van der Waals surface area contributed by atoms with Gasteiger partial charge in [-0.2, -0.15) is 13.2 Å². The Labute approximate surface area is 288 Å². The number of benzene rings is 3. The fourth-order valence-electron chi connectivity index (χ4n) is 5.47. The number of carbonyl (C=O) groups is 1. The third kappa shape index (κ3) is 9.45. The molecule has 1 aliphatic heterocycles. The minimum Gasteiger partial charge on any atom is -0.497 e. The van der Waals surface area contributed by atoms with Crippen molar-refractivity contribution in [3.63, 3.8) is 0 Å². The van der Waals surface area contributed by atoms with Crippen LogP contribution in [0.25, 0.3) is 10.6 Å². The Bertz CT molecular complexity index is 1660. The van der Waals surface area contributed by atoms with Crippen molar-refractivity contribution < 1.29 is 32.2 Å². The molecule has 1 aromatic heterocycles. The second kappa shape index (κ2) is 16.6. The third-order valence-electron chi connectivity index (χ3n) is 7.97. The van der Waals surface area contributed by atoms with Gasteiger partial charge >= 0.3 is 12.1 Å². The first-order valence-corrected chi connectivity index (χ1v) is 17.8. The molecule has 5 rings (SSSR count). The van der Waals surface area contributed by atoms with Crippen molar-refractivity contribution in [3.05, 3.63) is 88.4 Å². The van der Waals surface area contributed by atoms with Crippen LogP contribution >= 0.6 is 23.1 Å². The average molecular weight is 700 g/mol. The molecule has 0 saturated carbocycles. The van der Waals surface area contributed by atoms with Crippen molar-refractivity contribution in [1.29, 1.82) is 0 Å². The number of thiazole rings is 1. The predicted octanol–water partition coefficient (Wildman–Crippen LogP) is 8.35. The quantitative estimate of drug-likeness (QED) is 0.0962. The first-order valence-electron chi connectivity index (χ1n) is 16.0. The summed E-state index contributed by atoms with van der Waals surface area (Å²) in [5.74, 6) is 1.76. The van der Waals surface area contributed by atoms with Crippen molar-refractivity contribution in [2.24, 2.45) is 0 Å². The van der Waals surface area contributed by atoms with Crippen LogP contribution in [0.2, 0.25) is 0 Å². The molecule has 4 aromatic rings. The maximum Gasteiger partial charge on any atom is 0.416 e. The Morgan fingerprint density at radius 1 is 1.00 bits per heavy atom. The number of thioether (sulfide) groups is 1. The Hall–Kier alpha value is -3.74. The highest BCUT2D eigenvalue weighted by Crippen LogP contribution is 2.37. The van der Waals surface area contributed by atoms with Crippen LogP contribution in [-0.4, -0.2) is 62.4 Å². The zero-order valence-electron chi connectivity index (χ0n) is 27.3. The molecule has 0 spiro atoms. The van der Waals surface area contributed by atoms with Gasteiger partial charge in [0.25, 0.3) is 0 Å². The summed E-state index contributed by atoms with van der Waals surface area (Å²) in [6, 6.07) is 19.3. The molecule has 0 aliphatic carbocycles. The first-order chi connectivity index (χ1) is 23.2. The van der Waals surface area contributed by atoms with Crippen molar-refractivity contribution in [3.8, 4) is 22.1 Å². The summed E-state index contributed by atoms with van der Waals surface area (Å²) >= 11 is 3.21. The van der Waals surface area contributed by atoms with Gasteiger partial charge < -0.3 is 19.1 Å². The summed E-state index contributed by atoms with van der Waals surface area (Å²) < 4.78 is 55.9. The van der Waals surface area contributed by atoms with E-state index in [2.05, 4.69) is 28.9 Å². The second-order valence-electron chi connectivity index (χ2n) is 11.3. The number of hydrogen-bond donors (Lipinski definition) is 0. The molecule has 12 heteroatoms. The summed E-state index contributed by atoms with van der Waals surface area (Å²) in [4.78, 5) is 23.7. The summed E-state index contributed by atoms with van der Waals surface area (Å²) in [5.41, 5.74) is 3.09. The van der Waals surface area contributed by atoms with E-state index in [1.165, 1.54) is 23.5 Å². The lowest BCUT2D eigenvalue weighted by atomic mass is 10.1. The van der Waals surface area contributed by atoms with E-state index in [0.29, 0.717) is 35.2 Å². The van der Waals surface area contributed by atoms with Crippen LogP contribution in [0.1, 0.15) is 42.0 Å². The van der Waals surface area contributed by atoms with Crippen molar-refractivity contribution in [2.75, 3.05) is 51.4 Å². The molecule has 3 aromatic carbocycles. The minimum atomic E-state index is -4.39. The van der Waals surface area contributed by atoms with E-state index in [-0.39, 0.29) is 6.61 Å². The van der Waals surface area contributed by atoms with Gasteiger partial charge in [-0.25, -0.2) is 9.78 Å². The van der Waals surface area contributed by atoms with Crippen molar-refractivity contribution in [1.82, 2.24) is 9.88 Å². The SMILES string of the molecule is CCCc1cc(SCc2sc(-c3ccc(C(F)(F)F)cc3)nc2CN2CCN(c3cccc(OC)c3)CC2)ccc1OCC(=O)OCC. The Kier molecular flexibility index (Phi) is 12.3. The lowest BCUT2D eigenvalue weighted by Crippen LogP contribution is -2.46. The van der Waals surface area contributed by atoms with Gasteiger partial charge in [0.05, 0.1) is 25.0 Å². The van der Waals surface area contributed by atoms with Gasteiger partial charge in [-0.3, -0.25) is 4.90 Å². The van der Waals surface area contributed by atoms with Gasteiger partial charge in [-0.05, 0) is 61.4 Å². The summed E-state index contributed by atoms with van der Waals surface area (Å²) in [6.07, 6.45) is -2.67. The van der Waals surface area contributed by atoms with Crippen LogP contribution in [0.5, 0.6) is 11.5 Å². The number of esters is 1. The van der Waals surface area contributed by atoms with E-state index >= 15 is 0 Å². The molecule has 2 heterocycles. The fourth-order valence-corrected chi connectivity index (χ4v) is 7.61. The van der Waals surface area contributed by atoms with Gasteiger partial charge in [0.1, 0.15) is 16.5 Å². The highest BCUT2D eigenvalue weighted by molar-refractivity contribution is 7.98. The largest absolute Gasteiger partial charge is 0.497 e. The highest BCUT2D eigenvalue weighted by Gasteiger charge is 2.30. The lowest BCUT2D eigenvalue weighted by molar-refractivity contribution is -0.145. The van der Waals surface area contributed by atoms with Crippen LogP contribution in [0.4, 0.5) is 18.9 Å². The molecular weight excluding hydrogens is 660 g/mol. The number of rotatable bonds is 14. The number of aromatic nitrogens is 1.